The lowest BCUT2D eigenvalue weighted by Gasteiger charge is -2.32. The summed E-state index contributed by atoms with van der Waals surface area (Å²) in [5, 5.41) is 3.43. The molecule has 0 bridgehead atoms. The third-order valence-electron chi connectivity index (χ3n) is 4.39. The Morgan fingerprint density at radius 2 is 1.81 bits per heavy atom. The molecule has 1 aliphatic heterocycles. The molecule has 0 aliphatic carbocycles. The molecule has 5 nitrogen and oxygen atoms in total. The standard InChI is InChI=1S/C20H21ClN2O3/c21-17-8-4-7-16(13-17)19(24)23-11-9-18(10-12-23)22-20(25)26-14-15-5-2-1-3-6-15/h1-8,13,18H,9-12,14H2,(H,22,25). The first kappa shape index (κ1) is 18.3. The monoisotopic (exact) mass is 372 g/mol. The Labute approximate surface area is 157 Å². The highest BCUT2D eigenvalue weighted by Gasteiger charge is 2.25. The highest BCUT2D eigenvalue weighted by atomic mass is 35.5. The van der Waals surface area contributed by atoms with Crippen molar-refractivity contribution in [2.24, 2.45) is 0 Å². The van der Waals surface area contributed by atoms with E-state index in [1.807, 2.05) is 30.3 Å². The normalized spacial score (nSPS) is 14.7. The van der Waals surface area contributed by atoms with Crippen molar-refractivity contribution in [2.45, 2.75) is 25.5 Å². The predicted molar refractivity (Wildman–Crippen MR) is 100 cm³/mol. The van der Waals surface area contributed by atoms with E-state index in [2.05, 4.69) is 5.32 Å². The molecule has 26 heavy (non-hydrogen) atoms. The van der Waals surface area contributed by atoms with Gasteiger partial charge in [-0.1, -0.05) is 48.0 Å². The Morgan fingerprint density at radius 1 is 1.08 bits per heavy atom. The van der Waals surface area contributed by atoms with E-state index in [-0.39, 0.29) is 18.6 Å². The Hall–Kier alpha value is -2.53. The molecule has 2 aromatic rings. The van der Waals surface area contributed by atoms with Gasteiger partial charge in [-0.05, 0) is 36.6 Å². The van der Waals surface area contributed by atoms with Gasteiger partial charge in [-0.3, -0.25) is 4.79 Å². The molecule has 6 heteroatoms. The first-order chi connectivity index (χ1) is 12.6. The third kappa shape index (κ3) is 4.99. The van der Waals surface area contributed by atoms with Crippen molar-refractivity contribution in [3.63, 3.8) is 0 Å². The van der Waals surface area contributed by atoms with Crippen LogP contribution >= 0.6 is 11.6 Å². The van der Waals surface area contributed by atoms with Crippen LogP contribution in [-0.2, 0) is 11.3 Å². The topological polar surface area (TPSA) is 58.6 Å². The maximum Gasteiger partial charge on any atom is 0.407 e. The van der Waals surface area contributed by atoms with Gasteiger partial charge in [0.1, 0.15) is 6.61 Å². The Morgan fingerprint density at radius 3 is 2.50 bits per heavy atom. The molecule has 136 valence electrons. The number of likely N-dealkylation sites (tertiary alicyclic amines) is 1. The molecule has 0 saturated carbocycles. The van der Waals surface area contributed by atoms with Crippen molar-refractivity contribution in [1.82, 2.24) is 10.2 Å². The minimum Gasteiger partial charge on any atom is -0.445 e. The quantitative estimate of drug-likeness (QED) is 0.886. The van der Waals surface area contributed by atoms with E-state index in [0.717, 1.165) is 5.56 Å². The van der Waals surface area contributed by atoms with Crippen LogP contribution in [0.5, 0.6) is 0 Å². The van der Waals surface area contributed by atoms with Gasteiger partial charge in [0.05, 0.1) is 0 Å². The molecule has 0 aromatic heterocycles. The fraction of sp³-hybridized carbons (Fsp3) is 0.300. The van der Waals surface area contributed by atoms with Crippen molar-refractivity contribution in [1.29, 1.82) is 0 Å². The fourth-order valence-electron chi connectivity index (χ4n) is 2.96. The van der Waals surface area contributed by atoms with Crippen LogP contribution in [0, 0.1) is 0 Å². The molecule has 0 atom stereocenters. The molecule has 1 fully saturated rings. The van der Waals surface area contributed by atoms with Gasteiger partial charge in [-0.2, -0.15) is 0 Å². The zero-order chi connectivity index (χ0) is 18.4. The predicted octanol–water partition coefficient (Wildman–Crippen LogP) is 3.87. The van der Waals surface area contributed by atoms with Crippen molar-refractivity contribution >= 4 is 23.6 Å². The van der Waals surface area contributed by atoms with Gasteiger partial charge in [0.2, 0.25) is 0 Å². The largest absolute Gasteiger partial charge is 0.445 e. The summed E-state index contributed by atoms with van der Waals surface area (Å²) in [7, 11) is 0. The van der Waals surface area contributed by atoms with Gasteiger partial charge < -0.3 is 15.0 Å². The number of carbonyl (C=O) groups is 2. The minimum absolute atomic E-state index is 0.0154. The van der Waals surface area contributed by atoms with Crippen LogP contribution in [0.25, 0.3) is 0 Å². The molecule has 2 aromatic carbocycles. The molecule has 0 spiro atoms. The summed E-state index contributed by atoms with van der Waals surface area (Å²) in [6.07, 6.45) is 0.980. The number of carbonyl (C=O) groups excluding carboxylic acids is 2. The second-order valence-electron chi connectivity index (χ2n) is 6.28. The summed E-state index contributed by atoms with van der Waals surface area (Å²) >= 11 is 5.95. The maximum atomic E-state index is 12.5. The second-order valence-corrected chi connectivity index (χ2v) is 6.72. The smallest absolute Gasteiger partial charge is 0.407 e. The van der Waals surface area contributed by atoms with Crippen LogP contribution < -0.4 is 5.32 Å². The number of hydrogen-bond donors (Lipinski definition) is 1. The molecule has 1 aliphatic rings. The SMILES string of the molecule is O=C(NC1CCN(C(=O)c2cccc(Cl)c2)CC1)OCc1ccccc1. The van der Waals surface area contributed by atoms with Crippen molar-refractivity contribution in [3.05, 3.63) is 70.7 Å². The van der Waals surface area contributed by atoms with Crippen molar-refractivity contribution in [2.75, 3.05) is 13.1 Å². The molecule has 1 heterocycles. The van der Waals surface area contributed by atoms with Gasteiger partial charge in [0, 0.05) is 29.7 Å². The highest BCUT2D eigenvalue weighted by Crippen LogP contribution is 2.17. The first-order valence-corrected chi connectivity index (χ1v) is 9.01. The van der Waals surface area contributed by atoms with Gasteiger partial charge in [-0.25, -0.2) is 4.79 Å². The van der Waals surface area contributed by atoms with Crippen molar-refractivity contribution in [3.8, 4) is 0 Å². The molecular weight excluding hydrogens is 352 g/mol. The zero-order valence-corrected chi connectivity index (χ0v) is 15.1. The van der Waals surface area contributed by atoms with Crippen LogP contribution in [0.15, 0.2) is 54.6 Å². The highest BCUT2D eigenvalue weighted by molar-refractivity contribution is 6.30. The number of hydrogen-bond acceptors (Lipinski definition) is 3. The first-order valence-electron chi connectivity index (χ1n) is 8.64. The average molecular weight is 373 g/mol. The maximum absolute atomic E-state index is 12.5. The summed E-state index contributed by atoms with van der Waals surface area (Å²) in [6.45, 7) is 1.43. The number of nitrogens with one attached hydrogen (secondary N) is 1. The number of piperidine rings is 1. The number of ether oxygens (including phenoxy) is 1. The lowest BCUT2D eigenvalue weighted by molar-refractivity contribution is 0.0701. The lowest BCUT2D eigenvalue weighted by atomic mass is 10.0. The van der Waals surface area contributed by atoms with E-state index in [1.54, 1.807) is 29.2 Å². The van der Waals surface area contributed by atoms with Crippen LogP contribution in [0.1, 0.15) is 28.8 Å². The molecule has 2 amide bonds. The van der Waals surface area contributed by atoms with Crippen LogP contribution in [0.3, 0.4) is 0 Å². The molecule has 0 radical (unpaired) electrons. The van der Waals surface area contributed by atoms with E-state index < -0.39 is 6.09 Å². The number of nitrogens with zero attached hydrogens (tertiary/aromatic N) is 1. The summed E-state index contributed by atoms with van der Waals surface area (Å²) in [5.41, 5.74) is 1.54. The Bertz CT molecular complexity index is 759. The van der Waals surface area contributed by atoms with E-state index in [1.165, 1.54) is 0 Å². The number of alkyl carbamates (subject to hydrolysis) is 1. The van der Waals surface area contributed by atoms with E-state index in [0.29, 0.717) is 36.5 Å². The third-order valence-corrected chi connectivity index (χ3v) is 4.62. The van der Waals surface area contributed by atoms with Crippen molar-refractivity contribution < 1.29 is 14.3 Å². The fourth-order valence-corrected chi connectivity index (χ4v) is 3.15. The van der Waals surface area contributed by atoms with Gasteiger partial charge in [0.15, 0.2) is 0 Å². The average Bonchev–Trinajstić information content (AvgIpc) is 2.67. The van der Waals surface area contributed by atoms with Crippen LogP contribution in [0.4, 0.5) is 4.79 Å². The van der Waals surface area contributed by atoms with E-state index in [9.17, 15) is 9.59 Å². The van der Waals surface area contributed by atoms with Crippen LogP contribution in [-0.4, -0.2) is 36.0 Å². The minimum atomic E-state index is -0.423. The molecule has 1 N–H and O–H groups in total. The summed E-state index contributed by atoms with van der Waals surface area (Å²) in [5.74, 6) is -0.0300. The second kappa shape index (κ2) is 8.72. The molecule has 1 saturated heterocycles. The van der Waals surface area contributed by atoms with Crippen LogP contribution in [0.2, 0.25) is 5.02 Å². The van der Waals surface area contributed by atoms with E-state index >= 15 is 0 Å². The lowest BCUT2D eigenvalue weighted by Crippen LogP contribution is -2.46. The van der Waals surface area contributed by atoms with Gasteiger partial charge in [-0.15, -0.1) is 0 Å². The Balaban J connectivity index is 1.43. The number of halogens is 1. The number of amides is 2. The van der Waals surface area contributed by atoms with Gasteiger partial charge in [0.25, 0.3) is 5.91 Å². The molecule has 3 rings (SSSR count). The number of benzene rings is 2. The Kier molecular flexibility index (Phi) is 6.12. The zero-order valence-electron chi connectivity index (χ0n) is 14.4. The van der Waals surface area contributed by atoms with Gasteiger partial charge >= 0.3 is 6.09 Å². The number of rotatable bonds is 4. The molecular formula is C20H21ClN2O3. The summed E-state index contributed by atoms with van der Waals surface area (Å²) in [6, 6.07) is 16.5. The summed E-state index contributed by atoms with van der Waals surface area (Å²) in [4.78, 5) is 26.2. The summed E-state index contributed by atoms with van der Waals surface area (Å²) < 4.78 is 5.24. The molecule has 0 unspecified atom stereocenters. The van der Waals surface area contributed by atoms with E-state index in [4.69, 9.17) is 16.3 Å².